The molecule has 1 amide bonds. The normalized spacial score (nSPS) is 14.7. The molecule has 118 valence electrons. The van der Waals surface area contributed by atoms with Gasteiger partial charge in [-0.3, -0.25) is 9.59 Å². The number of carbonyl (C=O) groups excluding carboxylic acids is 2. The number of anilines is 1. The van der Waals surface area contributed by atoms with Crippen LogP contribution in [0.1, 0.15) is 26.4 Å². The van der Waals surface area contributed by atoms with Crippen LogP contribution in [0.5, 0.6) is 0 Å². The van der Waals surface area contributed by atoms with Gasteiger partial charge in [0, 0.05) is 43.6 Å². The number of aryl methyl sites for hydroxylation is 1. The molecule has 3 rings (SSSR count). The summed E-state index contributed by atoms with van der Waals surface area (Å²) < 4.78 is 0. The lowest BCUT2D eigenvalue weighted by molar-refractivity contribution is 0.0743. The molecule has 6 nitrogen and oxygen atoms in total. The molecule has 1 aliphatic rings. The summed E-state index contributed by atoms with van der Waals surface area (Å²) >= 11 is 0. The van der Waals surface area contributed by atoms with E-state index in [1.807, 2.05) is 13.0 Å². The minimum Gasteiger partial charge on any atom is -0.337 e. The van der Waals surface area contributed by atoms with Crippen LogP contribution >= 0.6 is 0 Å². The van der Waals surface area contributed by atoms with E-state index < -0.39 is 0 Å². The maximum absolute atomic E-state index is 12.6. The highest BCUT2D eigenvalue weighted by Crippen LogP contribution is 2.15. The summed E-state index contributed by atoms with van der Waals surface area (Å²) in [5, 5.41) is 0. The van der Waals surface area contributed by atoms with E-state index in [9.17, 15) is 9.59 Å². The molecule has 0 aliphatic carbocycles. The van der Waals surface area contributed by atoms with Crippen LogP contribution in [-0.2, 0) is 0 Å². The lowest BCUT2D eigenvalue weighted by atomic mass is 10.1. The third kappa shape index (κ3) is 3.21. The maximum atomic E-state index is 12.6. The highest BCUT2D eigenvalue weighted by Gasteiger charge is 2.24. The fraction of sp³-hybridized carbons (Fsp3) is 0.294. The Kier molecular flexibility index (Phi) is 4.32. The van der Waals surface area contributed by atoms with Gasteiger partial charge in [0.15, 0.2) is 6.29 Å². The summed E-state index contributed by atoms with van der Waals surface area (Å²) in [4.78, 5) is 36.2. The largest absolute Gasteiger partial charge is 0.337 e. The smallest absolute Gasteiger partial charge is 0.254 e. The van der Waals surface area contributed by atoms with Crippen LogP contribution < -0.4 is 4.90 Å². The topological polar surface area (TPSA) is 66.4 Å². The van der Waals surface area contributed by atoms with Crippen molar-refractivity contribution in [3.05, 3.63) is 53.3 Å². The second-order valence-corrected chi connectivity index (χ2v) is 5.48. The van der Waals surface area contributed by atoms with Gasteiger partial charge in [-0.1, -0.05) is 18.2 Å². The second kappa shape index (κ2) is 6.56. The molecule has 6 heteroatoms. The summed E-state index contributed by atoms with van der Waals surface area (Å²) in [5.74, 6) is 0.600. The van der Waals surface area contributed by atoms with Crippen molar-refractivity contribution in [3.63, 3.8) is 0 Å². The van der Waals surface area contributed by atoms with Crippen LogP contribution in [0.15, 0.2) is 36.5 Å². The molecular formula is C17H18N4O2. The monoisotopic (exact) mass is 310 g/mol. The van der Waals surface area contributed by atoms with Gasteiger partial charge in [-0.15, -0.1) is 0 Å². The molecule has 1 saturated heterocycles. The van der Waals surface area contributed by atoms with Crippen molar-refractivity contribution in [2.45, 2.75) is 6.92 Å². The lowest BCUT2D eigenvalue weighted by Crippen LogP contribution is -2.49. The van der Waals surface area contributed by atoms with E-state index in [1.165, 1.54) is 0 Å². The van der Waals surface area contributed by atoms with Crippen LogP contribution in [0.3, 0.4) is 0 Å². The summed E-state index contributed by atoms with van der Waals surface area (Å²) in [6.45, 7) is 4.46. The predicted octanol–water partition coefficient (Wildman–Crippen LogP) is 1.56. The number of piperazine rings is 1. The summed E-state index contributed by atoms with van der Waals surface area (Å²) in [6, 6.07) is 8.75. The van der Waals surface area contributed by atoms with Gasteiger partial charge in [0.05, 0.1) is 5.56 Å². The third-order valence-corrected chi connectivity index (χ3v) is 3.95. The van der Waals surface area contributed by atoms with Gasteiger partial charge < -0.3 is 9.80 Å². The number of aldehydes is 1. The number of hydrogen-bond donors (Lipinski definition) is 0. The number of nitrogens with zero attached hydrogens (tertiary/aromatic N) is 4. The minimum absolute atomic E-state index is 0.0995. The van der Waals surface area contributed by atoms with E-state index in [1.54, 1.807) is 35.4 Å². The zero-order valence-corrected chi connectivity index (χ0v) is 13.0. The third-order valence-electron chi connectivity index (χ3n) is 3.95. The van der Waals surface area contributed by atoms with Crippen LogP contribution in [0, 0.1) is 6.92 Å². The molecule has 0 N–H and O–H groups in total. The fourth-order valence-corrected chi connectivity index (χ4v) is 2.66. The Labute approximate surface area is 134 Å². The van der Waals surface area contributed by atoms with Gasteiger partial charge in [-0.25, -0.2) is 9.97 Å². The first-order valence-corrected chi connectivity index (χ1v) is 7.57. The fourth-order valence-electron chi connectivity index (χ4n) is 2.66. The molecule has 0 atom stereocenters. The number of hydrogen-bond acceptors (Lipinski definition) is 5. The Morgan fingerprint density at radius 2 is 1.87 bits per heavy atom. The first-order chi connectivity index (χ1) is 11.2. The Hall–Kier alpha value is -2.76. The summed E-state index contributed by atoms with van der Waals surface area (Å²) in [7, 11) is 0. The zero-order chi connectivity index (χ0) is 16.2. The molecular weight excluding hydrogens is 292 g/mol. The summed E-state index contributed by atoms with van der Waals surface area (Å²) in [5.41, 5.74) is 1.82. The van der Waals surface area contributed by atoms with Crippen LogP contribution in [0.2, 0.25) is 0 Å². The van der Waals surface area contributed by atoms with E-state index in [0.717, 1.165) is 12.0 Å². The Balaban J connectivity index is 1.69. The lowest BCUT2D eigenvalue weighted by Gasteiger charge is -2.35. The van der Waals surface area contributed by atoms with Gasteiger partial charge in [0.1, 0.15) is 0 Å². The van der Waals surface area contributed by atoms with Gasteiger partial charge in [0.2, 0.25) is 5.95 Å². The van der Waals surface area contributed by atoms with Crippen LogP contribution in [0.4, 0.5) is 5.95 Å². The van der Waals surface area contributed by atoms with Gasteiger partial charge in [-0.05, 0) is 19.1 Å². The number of benzene rings is 1. The van der Waals surface area contributed by atoms with E-state index in [-0.39, 0.29) is 5.91 Å². The number of amides is 1. The van der Waals surface area contributed by atoms with Crippen LogP contribution in [0.25, 0.3) is 0 Å². The van der Waals surface area contributed by atoms with Crippen molar-refractivity contribution in [2.75, 3.05) is 31.1 Å². The van der Waals surface area contributed by atoms with Crippen LogP contribution in [-0.4, -0.2) is 53.2 Å². The van der Waals surface area contributed by atoms with Crippen molar-refractivity contribution in [1.29, 1.82) is 0 Å². The average molecular weight is 310 g/mol. The van der Waals surface area contributed by atoms with E-state index >= 15 is 0 Å². The average Bonchev–Trinajstić information content (AvgIpc) is 2.61. The van der Waals surface area contributed by atoms with E-state index in [4.69, 9.17) is 0 Å². The molecule has 2 aromatic rings. The molecule has 0 unspecified atom stereocenters. The Morgan fingerprint density at radius 3 is 2.57 bits per heavy atom. The summed E-state index contributed by atoms with van der Waals surface area (Å²) in [6.07, 6.45) is 2.47. The molecule has 1 fully saturated rings. The SMILES string of the molecule is Cc1ccnc(N2CCN(C(=O)c3ccccc3C=O)CC2)n1. The minimum atomic E-state index is -0.0995. The van der Waals surface area contributed by atoms with E-state index in [0.29, 0.717) is 43.3 Å². The standard InChI is InChI=1S/C17H18N4O2/c1-13-6-7-18-17(19-13)21-10-8-20(9-11-21)16(23)15-5-3-2-4-14(15)12-22/h2-7,12H,8-11H2,1H3. The molecule has 1 aliphatic heterocycles. The van der Waals surface area contributed by atoms with E-state index in [2.05, 4.69) is 14.9 Å². The van der Waals surface area contributed by atoms with Crippen molar-refractivity contribution < 1.29 is 9.59 Å². The van der Waals surface area contributed by atoms with Crippen molar-refractivity contribution in [3.8, 4) is 0 Å². The molecule has 2 heterocycles. The van der Waals surface area contributed by atoms with Crippen molar-refractivity contribution in [1.82, 2.24) is 14.9 Å². The highest BCUT2D eigenvalue weighted by molar-refractivity contribution is 6.01. The Morgan fingerprint density at radius 1 is 1.13 bits per heavy atom. The zero-order valence-electron chi connectivity index (χ0n) is 13.0. The van der Waals surface area contributed by atoms with Gasteiger partial charge in [-0.2, -0.15) is 0 Å². The second-order valence-electron chi connectivity index (χ2n) is 5.48. The molecule has 0 spiro atoms. The molecule has 0 radical (unpaired) electrons. The van der Waals surface area contributed by atoms with Gasteiger partial charge in [0.25, 0.3) is 5.91 Å². The number of aromatic nitrogens is 2. The highest BCUT2D eigenvalue weighted by atomic mass is 16.2. The molecule has 23 heavy (non-hydrogen) atoms. The van der Waals surface area contributed by atoms with Crippen molar-refractivity contribution in [2.24, 2.45) is 0 Å². The maximum Gasteiger partial charge on any atom is 0.254 e. The van der Waals surface area contributed by atoms with Gasteiger partial charge >= 0.3 is 0 Å². The van der Waals surface area contributed by atoms with Crippen molar-refractivity contribution >= 4 is 18.1 Å². The molecule has 1 aromatic heterocycles. The Bertz CT molecular complexity index is 724. The molecule has 1 aromatic carbocycles. The predicted molar refractivity (Wildman–Crippen MR) is 86.7 cm³/mol. The number of rotatable bonds is 3. The quantitative estimate of drug-likeness (QED) is 0.805. The number of carbonyl (C=O) groups is 2. The molecule has 0 bridgehead atoms. The first kappa shape index (κ1) is 15.1. The first-order valence-electron chi connectivity index (χ1n) is 7.57. The molecule has 0 saturated carbocycles.